The highest BCUT2D eigenvalue weighted by Gasteiger charge is 2.25. The summed E-state index contributed by atoms with van der Waals surface area (Å²) >= 11 is 0. The van der Waals surface area contributed by atoms with Gasteiger partial charge in [0.05, 0.1) is 0 Å². The third-order valence-electron chi connectivity index (χ3n) is 8.73. The van der Waals surface area contributed by atoms with Gasteiger partial charge in [0.2, 0.25) is 0 Å². The maximum absolute atomic E-state index is 6.59. The number of fused-ring (bicyclic) bond motifs is 6. The van der Waals surface area contributed by atoms with Crippen molar-refractivity contribution in [3.8, 4) is 11.1 Å². The molecule has 1 atom stereocenters. The molecule has 0 bridgehead atoms. The molecule has 0 fully saturated rings. The van der Waals surface area contributed by atoms with Crippen LogP contribution >= 0.6 is 0 Å². The quantitative estimate of drug-likeness (QED) is 0.212. The fraction of sp³-hybridized carbons (Fsp3) is 0.0244. The minimum absolute atomic E-state index is 0.313. The number of amidine groups is 2. The van der Waals surface area contributed by atoms with Crippen molar-refractivity contribution in [1.82, 2.24) is 5.32 Å². The summed E-state index contributed by atoms with van der Waals surface area (Å²) in [5.41, 5.74) is 6.96. The van der Waals surface area contributed by atoms with Crippen LogP contribution in [0.2, 0.25) is 0 Å². The van der Waals surface area contributed by atoms with E-state index in [0.717, 1.165) is 66.4 Å². The Kier molecular flexibility index (Phi) is 5.85. The van der Waals surface area contributed by atoms with Gasteiger partial charge in [-0.25, -0.2) is 9.98 Å². The molecule has 8 aromatic rings. The first-order valence-electron chi connectivity index (χ1n) is 15.2. The summed E-state index contributed by atoms with van der Waals surface area (Å²) in [6.45, 7) is 0. The highest BCUT2D eigenvalue weighted by atomic mass is 16.3. The SMILES string of the molecule is c1ccc(-c2cccc3c2oc2cccc(C4=NC(c5cc6ccccc6c6ccccc56)=NC(c5ccccc5)N4)c23)cc1. The summed E-state index contributed by atoms with van der Waals surface area (Å²) in [7, 11) is 0. The van der Waals surface area contributed by atoms with E-state index in [2.05, 4.69) is 133 Å². The normalized spacial score (nSPS) is 14.9. The third kappa shape index (κ3) is 4.22. The lowest BCUT2D eigenvalue weighted by Crippen LogP contribution is -2.33. The van der Waals surface area contributed by atoms with Crippen LogP contribution in [-0.4, -0.2) is 11.7 Å². The van der Waals surface area contributed by atoms with E-state index in [1.165, 1.54) is 10.8 Å². The molecule has 0 spiro atoms. The van der Waals surface area contributed by atoms with Crippen LogP contribution in [0.4, 0.5) is 0 Å². The number of rotatable bonds is 4. The zero-order valence-electron chi connectivity index (χ0n) is 24.3. The molecule has 2 heterocycles. The number of hydrogen-bond acceptors (Lipinski definition) is 4. The van der Waals surface area contributed by atoms with Gasteiger partial charge in [-0.05, 0) is 44.8 Å². The highest BCUT2D eigenvalue weighted by molar-refractivity contribution is 6.25. The predicted octanol–water partition coefficient (Wildman–Crippen LogP) is 10.1. The van der Waals surface area contributed by atoms with Crippen molar-refractivity contribution in [1.29, 1.82) is 0 Å². The minimum Gasteiger partial charge on any atom is -0.455 e. The molecule has 4 heteroatoms. The molecule has 0 aliphatic carbocycles. The lowest BCUT2D eigenvalue weighted by atomic mass is 9.96. The molecule has 0 radical (unpaired) electrons. The average molecular weight is 578 g/mol. The molecule has 1 aromatic heterocycles. The van der Waals surface area contributed by atoms with E-state index in [4.69, 9.17) is 14.4 Å². The second kappa shape index (κ2) is 10.3. The fourth-order valence-corrected chi connectivity index (χ4v) is 6.64. The molecule has 0 amide bonds. The maximum Gasteiger partial charge on any atom is 0.160 e. The number of para-hydroxylation sites is 1. The molecule has 1 unspecified atom stereocenters. The Labute approximate surface area is 260 Å². The van der Waals surface area contributed by atoms with E-state index in [1.807, 2.05) is 24.3 Å². The van der Waals surface area contributed by atoms with Crippen molar-refractivity contribution in [3.63, 3.8) is 0 Å². The van der Waals surface area contributed by atoms with E-state index in [-0.39, 0.29) is 6.17 Å². The summed E-state index contributed by atoms with van der Waals surface area (Å²) in [4.78, 5) is 10.5. The maximum atomic E-state index is 6.59. The van der Waals surface area contributed by atoms with Gasteiger partial charge in [0, 0.05) is 27.5 Å². The van der Waals surface area contributed by atoms with Gasteiger partial charge in [-0.1, -0.05) is 140 Å². The van der Waals surface area contributed by atoms with Crippen LogP contribution in [0.25, 0.3) is 54.6 Å². The van der Waals surface area contributed by atoms with E-state index in [9.17, 15) is 0 Å². The third-order valence-corrected chi connectivity index (χ3v) is 8.73. The highest BCUT2D eigenvalue weighted by Crippen LogP contribution is 2.38. The molecular formula is C41H27N3O. The first-order valence-corrected chi connectivity index (χ1v) is 15.2. The van der Waals surface area contributed by atoms with Gasteiger partial charge in [-0.2, -0.15) is 0 Å². The van der Waals surface area contributed by atoms with Gasteiger partial charge in [-0.3, -0.25) is 0 Å². The zero-order chi connectivity index (χ0) is 29.7. The van der Waals surface area contributed by atoms with Gasteiger partial charge >= 0.3 is 0 Å². The van der Waals surface area contributed by atoms with Crippen molar-refractivity contribution in [2.45, 2.75) is 6.17 Å². The molecule has 9 rings (SSSR count). The Morgan fingerprint density at radius 3 is 2.04 bits per heavy atom. The molecule has 0 saturated carbocycles. The number of benzene rings is 7. The van der Waals surface area contributed by atoms with Crippen molar-refractivity contribution < 1.29 is 4.42 Å². The van der Waals surface area contributed by atoms with Gasteiger partial charge in [0.1, 0.15) is 23.2 Å². The van der Waals surface area contributed by atoms with Crippen LogP contribution in [0.5, 0.6) is 0 Å². The zero-order valence-corrected chi connectivity index (χ0v) is 24.3. The van der Waals surface area contributed by atoms with Crippen LogP contribution in [-0.2, 0) is 0 Å². The molecule has 45 heavy (non-hydrogen) atoms. The van der Waals surface area contributed by atoms with Crippen LogP contribution in [0, 0.1) is 0 Å². The minimum atomic E-state index is -0.313. The Hall–Kier alpha value is -6.00. The number of furan rings is 1. The van der Waals surface area contributed by atoms with E-state index in [1.54, 1.807) is 0 Å². The molecule has 212 valence electrons. The summed E-state index contributed by atoms with van der Waals surface area (Å²) in [5, 5.41) is 10.5. The number of hydrogen-bond donors (Lipinski definition) is 1. The Morgan fingerprint density at radius 2 is 1.20 bits per heavy atom. The van der Waals surface area contributed by atoms with Crippen molar-refractivity contribution >= 4 is 55.2 Å². The number of nitrogens with one attached hydrogen (secondary N) is 1. The lowest BCUT2D eigenvalue weighted by Gasteiger charge is -2.24. The monoisotopic (exact) mass is 577 g/mol. The summed E-state index contributed by atoms with van der Waals surface area (Å²) in [5.74, 6) is 1.47. The second-order valence-corrected chi connectivity index (χ2v) is 11.4. The van der Waals surface area contributed by atoms with Crippen molar-refractivity contribution in [2.75, 3.05) is 0 Å². The average Bonchev–Trinajstić information content (AvgIpc) is 3.51. The van der Waals surface area contributed by atoms with Gasteiger partial charge in [0.15, 0.2) is 5.84 Å². The van der Waals surface area contributed by atoms with Crippen LogP contribution in [0.1, 0.15) is 22.9 Å². The van der Waals surface area contributed by atoms with Gasteiger partial charge in [0.25, 0.3) is 0 Å². The molecule has 1 N–H and O–H groups in total. The molecule has 4 nitrogen and oxygen atoms in total. The summed E-state index contributed by atoms with van der Waals surface area (Å²) < 4.78 is 6.59. The summed E-state index contributed by atoms with van der Waals surface area (Å²) in [6, 6.07) is 52.6. The van der Waals surface area contributed by atoms with E-state index < -0.39 is 0 Å². The van der Waals surface area contributed by atoms with Crippen LogP contribution in [0.15, 0.2) is 166 Å². The first-order chi connectivity index (χ1) is 22.3. The second-order valence-electron chi connectivity index (χ2n) is 11.4. The van der Waals surface area contributed by atoms with Gasteiger partial charge < -0.3 is 9.73 Å². The standard InChI is InChI=1S/C41H27N3O/c1-3-13-26(14-4-1)30-21-11-22-33-37-34(23-12-24-36(37)45-38(30)33)40-42-39(27-15-5-2-6-16-27)43-41(44-40)35-25-28-17-7-8-18-29(28)31-19-9-10-20-32(31)35/h1-25,39H,(H,42,43,44). The fourth-order valence-electron chi connectivity index (χ4n) is 6.64. The van der Waals surface area contributed by atoms with Gasteiger partial charge in [-0.15, -0.1) is 0 Å². The van der Waals surface area contributed by atoms with E-state index >= 15 is 0 Å². The smallest absolute Gasteiger partial charge is 0.160 e. The Bertz CT molecular complexity index is 2460. The van der Waals surface area contributed by atoms with E-state index in [0.29, 0.717) is 5.84 Å². The predicted molar refractivity (Wildman–Crippen MR) is 186 cm³/mol. The van der Waals surface area contributed by atoms with Crippen LogP contribution < -0.4 is 5.32 Å². The van der Waals surface area contributed by atoms with Crippen LogP contribution in [0.3, 0.4) is 0 Å². The Morgan fingerprint density at radius 1 is 0.533 bits per heavy atom. The largest absolute Gasteiger partial charge is 0.455 e. The molecule has 0 saturated heterocycles. The molecule has 1 aliphatic heterocycles. The topological polar surface area (TPSA) is 49.9 Å². The molecular weight excluding hydrogens is 550 g/mol. The first kappa shape index (κ1) is 25.5. The molecule has 7 aromatic carbocycles. The lowest BCUT2D eigenvalue weighted by molar-refractivity contribution is 0.668. The summed E-state index contributed by atoms with van der Waals surface area (Å²) in [6.07, 6.45) is -0.313. The van der Waals surface area contributed by atoms with Crippen molar-refractivity contribution in [2.24, 2.45) is 9.98 Å². The molecule has 1 aliphatic rings. The Balaban J connectivity index is 1.29. The van der Waals surface area contributed by atoms with Crippen molar-refractivity contribution in [3.05, 3.63) is 168 Å². The number of nitrogens with zero attached hydrogens (tertiary/aromatic N) is 2. The number of aliphatic imine (C=N–C) groups is 2.